The standard InChI is InChI=1S/C17H13ClN2O3S/c1-20(12-5-3-11(18)4-6-12)17-19-16(23)15(24-17)9-10-2-7-13(21)14(22)8-10/h2-9,21-22H,1H3/b15-9-. The van der Waals surface area contributed by atoms with Gasteiger partial charge in [0.1, 0.15) is 0 Å². The molecular formula is C17H13ClN2O3S. The Balaban J connectivity index is 1.81. The van der Waals surface area contributed by atoms with Gasteiger partial charge in [-0.1, -0.05) is 17.7 Å². The largest absolute Gasteiger partial charge is 0.504 e. The molecule has 1 amide bonds. The number of aliphatic imine (C=N–C) groups is 1. The Morgan fingerprint density at radius 2 is 1.83 bits per heavy atom. The summed E-state index contributed by atoms with van der Waals surface area (Å²) in [7, 11) is 1.82. The molecule has 2 N–H and O–H groups in total. The third kappa shape index (κ3) is 3.39. The second-order valence-electron chi connectivity index (χ2n) is 5.09. The van der Waals surface area contributed by atoms with E-state index in [9.17, 15) is 15.0 Å². The van der Waals surface area contributed by atoms with Gasteiger partial charge >= 0.3 is 0 Å². The Kier molecular flexibility index (Phi) is 4.51. The summed E-state index contributed by atoms with van der Waals surface area (Å²) in [5.41, 5.74) is 1.47. The molecule has 5 nitrogen and oxygen atoms in total. The van der Waals surface area contributed by atoms with Gasteiger partial charge in [0, 0.05) is 17.8 Å². The van der Waals surface area contributed by atoms with Crippen molar-refractivity contribution in [2.24, 2.45) is 4.99 Å². The number of amidine groups is 1. The Labute approximate surface area is 147 Å². The predicted octanol–water partition coefficient (Wildman–Crippen LogP) is 3.86. The summed E-state index contributed by atoms with van der Waals surface area (Å²) in [6.45, 7) is 0. The first-order valence-electron chi connectivity index (χ1n) is 6.98. The zero-order valence-corrected chi connectivity index (χ0v) is 14.2. The first-order valence-corrected chi connectivity index (χ1v) is 8.17. The number of benzene rings is 2. The van der Waals surface area contributed by atoms with E-state index in [2.05, 4.69) is 4.99 Å². The average Bonchev–Trinajstić information content (AvgIpc) is 2.92. The summed E-state index contributed by atoms with van der Waals surface area (Å²) in [4.78, 5) is 18.4. The number of aromatic hydroxyl groups is 2. The summed E-state index contributed by atoms with van der Waals surface area (Å²) >= 11 is 7.12. The van der Waals surface area contributed by atoms with Gasteiger partial charge in [0.2, 0.25) is 0 Å². The smallest absolute Gasteiger partial charge is 0.286 e. The number of nitrogens with zero attached hydrogens (tertiary/aromatic N) is 2. The molecule has 0 aromatic heterocycles. The number of hydrogen-bond acceptors (Lipinski definition) is 5. The lowest BCUT2D eigenvalue weighted by Gasteiger charge is -2.17. The SMILES string of the molecule is CN(C1=NC(=O)/C(=C/c2ccc(O)c(O)c2)S1)c1ccc(Cl)cc1. The van der Waals surface area contributed by atoms with Gasteiger partial charge in [-0.15, -0.1) is 0 Å². The summed E-state index contributed by atoms with van der Waals surface area (Å²) in [6.07, 6.45) is 1.62. The number of thioether (sulfide) groups is 1. The Morgan fingerprint density at radius 3 is 2.50 bits per heavy atom. The van der Waals surface area contributed by atoms with E-state index in [0.717, 1.165) is 5.69 Å². The van der Waals surface area contributed by atoms with Gasteiger partial charge in [-0.25, -0.2) is 0 Å². The Hall–Kier alpha value is -2.44. The monoisotopic (exact) mass is 360 g/mol. The van der Waals surface area contributed by atoms with Crippen LogP contribution < -0.4 is 4.90 Å². The molecule has 0 bridgehead atoms. The molecule has 0 fully saturated rings. The number of amides is 1. The molecule has 0 aliphatic carbocycles. The number of halogens is 1. The van der Waals surface area contributed by atoms with E-state index in [-0.39, 0.29) is 17.4 Å². The van der Waals surface area contributed by atoms with E-state index >= 15 is 0 Å². The van der Waals surface area contributed by atoms with Crippen molar-refractivity contribution in [3.8, 4) is 11.5 Å². The number of carbonyl (C=O) groups is 1. The van der Waals surface area contributed by atoms with E-state index in [4.69, 9.17) is 11.6 Å². The zero-order chi connectivity index (χ0) is 17.3. The second kappa shape index (κ2) is 6.59. The van der Waals surface area contributed by atoms with Crippen molar-refractivity contribution in [2.45, 2.75) is 0 Å². The first kappa shape index (κ1) is 16.4. The molecule has 1 aliphatic rings. The molecule has 122 valence electrons. The number of carbonyl (C=O) groups excluding carboxylic acids is 1. The van der Waals surface area contributed by atoms with Crippen LogP contribution in [0.4, 0.5) is 5.69 Å². The summed E-state index contributed by atoms with van der Waals surface area (Å²) in [5, 5.41) is 20.1. The molecule has 0 saturated carbocycles. The average molecular weight is 361 g/mol. The Morgan fingerprint density at radius 1 is 1.12 bits per heavy atom. The minimum Gasteiger partial charge on any atom is -0.504 e. The van der Waals surface area contributed by atoms with Gasteiger partial charge in [-0.2, -0.15) is 4.99 Å². The van der Waals surface area contributed by atoms with Crippen molar-refractivity contribution in [3.05, 3.63) is 58.0 Å². The molecule has 2 aromatic rings. The van der Waals surface area contributed by atoms with Crippen LogP contribution in [0.3, 0.4) is 0 Å². The quantitative estimate of drug-likeness (QED) is 0.628. The molecule has 7 heteroatoms. The summed E-state index contributed by atoms with van der Waals surface area (Å²) in [6, 6.07) is 11.6. The van der Waals surface area contributed by atoms with E-state index < -0.39 is 0 Å². The molecule has 3 rings (SSSR count). The van der Waals surface area contributed by atoms with Crippen molar-refractivity contribution >= 4 is 46.2 Å². The Bertz CT molecular complexity index is 863. The number of rotatable bonds is 2. The molecule has 1 heterocycles. The maximum absolute atomic E-state index is 12.1. The van der Waals surface area contributed by atoms with Crippen LogP contribution >= 0.6 is 23.4 Å². The molecule has 0 unspecified atom stereocenters. The van der Waals surface area contributed by atoms with E-state index in [1.165, 1.54) is 23.9 Å². The number of hydrogen-bond donors (Lipinski definition) is 2. The summed E-state index contributed by atoms with van der Waals surface area (Å²) < 4.78 is 0. The van der Waals surface area contributed by atoms with Crippen LogP contribution in [0.2, 0.25) is 5.02 Å². The first-order chi connectivity index (χ1) is 11.4. The van der Waals surface area contributed by atoms with Crippen molar-refractivity contribution in [2.75, 3.05) is 11.9 Å². The fourth-order valence-electron chi connectivity index (χ4n) is 2.10. The van der Waals surface area contributed by atoms with Gasteiger partial charge < -0.3 is 15.1 Å². The molecule has 24 heavy (non-hydrogen) atoms. The highest BCUT2D eigenvalue weighted by molar-refractivity contribution is 8.18. The molecule has 0 spiro atoms. The minimum absolute atomic E-state index is 0.207. The number of phenolic OH excluding ortho intramolecular Hbond substituents is 2. The topological polar surface area (TPSA) is 73.1 Å². The lowest BCUT2D eigenvalue weighted by atomic mass is 10.2. The lowest BCUT2D eigenvalue weighted by molar-refractivity contribution is -0.113. The van der Waals surface area contributed by atoms with Crippen LogP contribution in [0.1, 0.15) is 5.56 Å². The number of phenols is 2. The van der Waals surface area contributed by atoms with Crippen LogP contribution in [-0.4, -0.2) is 28.3 Å². The van der Waals surface area contributed by atoms with Gasteiger partial charge in [-0.05, 0) is 59.8 Å². The third-order valence-electron chi connectivity index (χ3n) is 3.41. The van der Waals surface area contributed by atoms with E-state index in [0.29, 0.717) is 20.7 Å². The molecule has 2 aromatic carbocycles. The van der Waals surface area contributed by atoms with Crippen LogP contribution in [0.25, 0.3) is 6.08 Å². The van der Waals surface area contributed by atoms with Crippen molar-refractivity contribution in [3.63, 3.8) is 0 Å². The summed E-state index contributed by atoms with van der Waals surface area (Å²) in [5.74, 6) is -0.787. The van der Waals surface area contributed by atoms with Crippen LogP contribution in [-0.2, 0) is 4.79 Å². The van der Waals surface area contributed by atoms with Crippen molar-refractivity contribution < 1.29 is 15.0 Å². The molecule has 1 aliphatic heterocycles. The molecular weight excluding hydrogens is 348 g/mol. The van der Waals surface area contributed by atoms with E-state index in [1.807, 2.05) is 19.2 Å². The molecule has 0 saturated heterocycles. The molecule has 0 radical (unpaired) electrons. The predicted molar refractivity (Wildman–Crippen MR) is 97.6 cm³/mol. The number of anilines is 1. The zero-order valence-electron chi connectivity index (χ0n) is 12.6. The second-order valence-corrected chi connectivity index (χ2v) is 6.54. The van der Waals surface area contributed by atoms with Gasteiger partial charge in [0.25, 0.3) is 5.91 Å². The van der Waals surface area contributed by atoms with Crippen LogP contribution in [0.15, 0.2) is 52.4 Å². The maximum atomic E-state index is 12.1. The van der Waals surface area contributed by atoms with Gasteiger partial charge in [-0.3, -0.25) is 4.79 Å². The molecule has 0 atom stereocenters. The fourth-order valence-corrected chi connectivity index (χ4v) is 3.12. The van der Waals surface area contributed by atoms with Crippen LogP contribution in [0.5, 0.6) is 11.5 Å². The minimum atomic E-state index is -0.344. The highest BCUT2D eigenvalue weighted by Gasteiger charge is 2.25. The lowest BCUT2D eigenvalue weighted by Crippen LogP contribution is -2.21. The van der Waals surface area contributed by atoms with Crippen LogP contribution in [0, 0.1) is 0 Å². The van der Waals surface area contributed by atoms with Crippen molar-refractivity contribution in [1.29, 1.82) is 0 Å². The van der Waals surface area contributed by atoms with E-state index in [1.54, 1.807) is 29.2 Å². The van der Waals surface area contributed by atoms with Crippen molar-refractivity contribution in [1.82, 2.24) is 0 Å². The normalized spacial score (nSPS) is 15.7. The highest BCUT2D eigenvalue weighted by atomic mass is 35.5. The third-order valence-corrected chi connectivity index (χ3v) is 4.72. The fraction of sp³-hybridized carbons (Fsp3) is 0.0588. The highest BCUT2D eigenvalue weighted by Crippen LogP contribution is 2.33. The van der Waals surface area contributed by atoms with Gasteiger partial charge in [0.05, 0.1) is 4.91 Å². The van der Waals surface area contributed by atoms with Gasteiger partial charge in [0.15, 0.2) is 16.7 Å². The maximum Gasteiger partial charge on any atom is 0.286 e.